The lowest BCUT2D eigenvalue weighted by Gasteiger charge is -2.41. The first kappa shape index (κ1) is 15.5. The van der Waals surface area contributed by atoms with E-state index in [-0.39, 0.29) is 5.60 Å². The Bertz CT molecular complexity index is 407. The first-order valence-corrected chi connectivity index (χ1v) is 7.96. The largest absolute Gasteiger partial charge is 0.390 e. The molecule has 1 fully saturated rings. The maximum absolute atomic E-state index is 10.8. The number of benzene rings is 1. The first-order chi connectivity index (χ1) is 9.59. The maximum Gasteiger partial charge on any atom is 0.0943 e. The molecule has 20 heavy (non-hydrogen) atoms. The van der Waals surface area contributed by atoms with Gasteiger partial charge in [0.2, 0.25) is 0 Å². The number of aliphatic hydroxyl groups is 1. The molecular weight excluding hydrogens is 248 g/mol. The van der Waals surface area contributed by atoms with Gasteiger partial charge in [-0.1, -0.05) is 37.5 Å². The van der Waals surface area contributed by atoms with E-state index in [0.29, 0.717) is 13.0 Å². The Morgan fingerprint density at radius 3 is 2.30 bits per heavy atom. The van der Waals surface area contributed by atoms with Crippen molar-refractivity contribution >= 4 is 0 Å². The second-order valence-electron chi connectivity index (χ2n) is 6.15. The van der Waals surface area contributed by atoms with Crippen molar-refractivity contribution in [2.45, 2.75) is 71.0 Å². The van der Waals surface area contributed by atoms with Crippen molar-refractivity contribution in [2.24, 2.45) is 0 Å². The summed E-state index contributed by atoms with van der Waals surface area (Å²) in [6, 6.07) is 6.34. The van der Waals surface area contributed by atoms with Gasteiger partial charge >= 0.3 is 0 Å². The summed E-state index contributed by atoms with van der Waals surface area (Å²) in [5.41, 5.74) is 3.50. The molecule has 0 heterocycles. The zero-order chi connectivity index (χ0) is 14.6. The van der Waals surface area contributed by atoms with E-state index >= 15 is 0 Å². The number of hydrogen-bond donors (Lipinski definition) is 1. The Kier molecular flexibility index (Phi) is 5.22. The van der Waals surface area contributed by atoms with E-state index in [4.69, 9.17) is 4.74 Å². The highest BCUT2D eigenvalue weighted by atomic mass is 16.5. The van der Waals surface area contributed by atoms with Crippen molar-refractivity contribution in [3.05, 3.63) is 34.9 Å². The van der Waals surface area contributed by atoms with Crippen LogP contribution in [0.2, 0.25) is 0 Å². The lowest BCUT2D eigenvalue weighted by atomic mass is 9.78. The SMILES string of the molecule is CCOC1(C(O)Cc2c(C)cccc2C)CCCCC1. The van der Waals surface area contributed by atoms with Gasteiger partial charge in [0.25, 0.3) is 0 Å². The first-order valence-electron chi connectivity index (χ1n) is 7.96. The van der Waals surface area contributed by atoms with E-state index in [0.717, 1.165) is 12.8 Å². The van der Waals surface area contributed by atoms with Gasteiger partial charge in [-0.2, -0.15) is 0 Å². The van der Waals surface area contributed by atoms with Gasteiger partial charge in [0.15, 0.2) is 0 Å². The molecule has 1 saturated carbocycles. The molecule has 1 unspecified atom stereocenters. The fourth-order valence-corrected chi connectivity index (χ4v) is 3.56. The summed E-state index contributed by atoms with van der Waals surface area (Å²) in [7, 11) is 0. The average molecular weight is 276 g/mol. The van der Waals surface area contributed by atoms with Gasteiger partial charge in [-0.05, 0) is 50.3 Å². The fourth-order valence-electron chi connectivity index (χ4n) is 3.56. The summed E-state index contributed by atoms with van der Waals surface area (Å²) in [6.07, 6.45) is 5.90. The van der Waals surface area contributed by atoms with Crippen LogP contribution < -0.4 is 0 Å². The smallest absolute Gasteiger partial charge is 0.0943 e. The predicted octanol–water partition coefficient (Wildman–Crippen LogP) is 3.95. The summed E-state index contributed by atoms with van der Waals surface area (Å²) in [5.74, 6) is 0. The van der Waals surface area contributed by atoms with E-state index < -0.39 is 6.10 Å². The van der Waals surface area contributed by atoms with Gasteiger partial charge in [0.05, 0.1) is 11.7 Å². The minimum Gasteiger partial charge on any atom is -0.390 e. The molecule has 0 bridgehead atoms. The summed E-state index contributed by atoms with van der Waals surface area (Å²) in [6.45, 7) is 6.97. The molecular formula is C18H28O2. The van der Waals surface area contributed by atoms with Crippen LogP contribution in [0, 0.1) is 13.8 Å². The van der Waals surface area contributed by atoms with Crippen molar-refractivity contribution in [1.29, 1.82) is 0 Å². The van der Waals surface area contributed by atoms with Gasteiger partial charge in [-0.15, -0.1) is 0 Å². The highest BCUT2D eigenvalue weighted by Gasteiger charge is 2.39. The Morgan fingerprint density at radius 1 is 1.15 bits per heavy atom. The Hall–Kier alpha value is -0.860. The minimum absolute atomic E-state index is 0.318. The van der Waals surface area contributed by atoms with Crippen molar-refractivity contribution in [3.63, 3.8) is 0 Å². The lowest BCUT2D eigenvalue weighted by molar-refractivity contribution is -0.138. The third kappa shape index (κ3) is 3.24. The standard InChI is InChI=1S/C18H28O2/c1-4-20-18(11-6-5-7-12-18)17(19)13-16-14(2)9-8-10-15(16)3/h8-10,17,19H,4-7,11-13H2,1-3H3. The number of aliphatic hydroxyl groups excluding tert-OH is 1. The molecule has 2 rings (SSSR count). The van der Waals surface area contributed by atoms with Gasteiger partial charge in [-0.3, -0.25) is 0 Å². The van der Waals surface area contributed by atoms with Gasteiger partial charge in [0.1, 0.15) is 0 Å². The molecule has 1 aromatic rings. The van der Waals surface area contributed by atoms with Crippen LogP contribution in [0.15, 0.2) is 18.2 Å². The molecule has 0 saturated heterocycles. The van der Waals surface area contributed by atoms with Crippen LogP contribution in [0.3, 0.4) is 0 Å². The normalized spacial score (nSPS) is 19.8. The molecule has 1 aliphatic carbocycles. The van der Waals surface area contributed by atoms with Crippen LogP contribution in [0.25, 0.3) is 0 Å². The summed E-state index contributed by atoms with van der Waals surface area (Å²) in [4.78, 5) is 0. The third-order valence-electron chi connectivity index (χ3n) is 4.78. The molecule has 1 N–H and O–H groups in total. The monoisotopic (exact) mass is 276 g/mol. The molecule has 1 aromatic carbocycles. The highest BCUT2D eigenvalue weighted by Crippen LogP contribution is 2.36. The van der Waals surface area contributed by atoms with E-state index in [9.17, 15) is 5.11 Å². The van der Waals surface area contributed by atoms with Gasteiger partial charge < -0.3 is 9.84 Å². The minimum atomic E-state index is -0.400. The van der Waals surface area contributed by atoms with Crippen LogP contribution in [-0.4, -0.2) is 23.4 Å². The summed E-state index contributed by atoms with van der Waals surface area (Å²) < 4.78 is 6.03. The molecule has 0 amide bonds. The second kappa shape index (κ2) is 6.73. The second-order valence-corrected chi connectivity index (χ2v) is 6.15. The molecule has 2 nitrogen and oxygen atoms in total. The van der Waals surface area contributed by atoms with Crippen molar-refractivity contribution in [2.75, 3.05) is 6.61 Å². The number of ether oxygens (including phenoxy) is 1. The molecule has 2 heteroatoms. The zero-order valence-electron chi connectivity index (χ0n) is 13.1. The van der Waals surface area contributed by atoms with E-state index in [1.807, 2.05) is 6.92 Å². The maximum atomic E-state index is 10.8. The van der Waals surface area contributed by atoms with Crippen LogP contribution in [0.4, 0.5) is 0 Å². The van der Waals surface area contributed by atoms with Crippen molar-refractivity contribution < 1.29 is 9.84 Å². The molecule has 0 aromatic heterocycles. The summed E-state index contributed by atoms with van der Waals surface area (Å²) in [5, 5.41) is 10.8. The van der Waals surface area contributed by atoms with E-state index in [1.54, 1.807) is 0 Å². The Morgan fingerprint density at radius 2 is 1.75 bits per heavy atom. The molecule has 112 valence electrons. The van der Waals surface area contributed by atoms with E-state index in [1.165, 1.54) is 36.0 Å². The van der Waals surface area contributed by atoms with Crippen molar-refractivity contribution in [1.82, 2.24) is 0 Å². The lowest BCUT2D eigenvalue weighted by Crippen LogP contribution is -2.47. The topological polar surface area (TPSA) is 29.5 Å². The zero-order valence-corrected chi connectivity index (χ0v) is 13.1. The van der Waals surface area contributed by atoms with Crippen LogP contribution >= 0.6 is 0 Å². The van der Waals surface area contributed by atoms with E-state index in [2.05, 4.69) is 32.0 Å². The predicted molar refractivity (Wildman–Crippen MR) is 83.1 cm³/mol. The number of hydrogen-bond acceptors (Lipinski definition) is 2. The molecule has 0 radical (unpaired) electrons. The third-order valence-corrected chi connectivity index (χ3v) is 4.78. The quantitative estimate of drug-likeness (QED) is 0.882. The van der Waals surface area contributed by atoms with Gasteiger partial charge in [-0.25, -0.2) is 0 Å². The van der Waals surface area contributed by atoms with Crippen LogP contribution in [0.5, 0.6) is 0 Å². The number of aryl methyl sites for hydroxylation is 2. The van der Waals surface area contributed by atoms with Crippen LogP contribution in [0.1, 0.15) is 55.7 Å². The molecule has 0 aliphatic heterocycles. The molecule has 1 atom stereocenters. The Labute approximate surface area is 123 Å². The fraction of sp³-hybridized carbons (Fsp3) is 0.667. The van der Waals surface area contributed by atoms with Crippen LogP contribution in [-0.2, 0) is 11.2 Å². The Balaban J connectivity index is 2.18. The molecule has 1 aliphatic rings. The van der Waals surface area contributed by atoms with Crippen molar-refractivity contribution in [3.8, 4) is 0 Å². The number of rotatable bonds is 5. The van der Waals surface area contributed by atoms with Gasteiger partial charge in [0, 0.05) is 13.0 Å². The highest BCUT2D eigenvalue weighted by molar-refractivity contribution is 5.34. The molecule has 0 spiro atoms. The summed E-state index contributed by atoms with van der Waals surface area (Å²) >= 11 is 0. The average Bonchev–Trinajstić information content (AvgIpc) is 2.44.